The monoisotopic (exact) mass is 340 g/mol. The van der Waals surface area contributed by atoms with Crippen LogP contribution in [0.25, 0.3) is 0 Å². The van der Waals surface area contributed by atoms with Crippen molar-refractivity contribution in [2.45, 2.75) is 38.8 Å². The number of nitrogens with one attached hydrogen (secondary N) is 1. The first-order valence-electron chi connectivity index (χ1n) is 8.72. The van der Waals surface area contributed by atoms with Crippen LogP contribution in [0.5, 0.6) is 11.5 Å². The quantitative estimate of drug-likeness (QED) is 0.838. The van der Waals surface area contributed by atoms with Crippen molar-refractivity contribution in [2.75, 3.05) is 7.11 Å². The number of carbonyl (C=O) groups excluding carboxylic acids is 1. The van der Waals surface area contributed by atoms with Crippen LogP contribution in [0.4, 0.5) is 0 Å². The molecule has 132 valence electrons. The van der Waals surface area contributed by atoms with Crippen LogP contribution in [-0.4, -0.2) is 18.0 Å². The average molecular weight is 340 g/mol. The molecule has 1 N–H and O–H groups in total. The molecule has 0 saturated heterocycles. The van der Waals surface area contributed by atoms with E-state index in [-0.39, 0.29) is 11.8 Å². The molecule has 1 fully saturated rings. The predicted molar refractivity (Wildman–Crippen MR) is 95.4 cm³/mol. The third kappa shape index (κ3) is 4.72. The zero-order valence-corrected chi connectivity index (χ0v) is 14.5. The molecule has 1 aliphatic rings. The van der Waals surface area contributed by atoms with Gasteiger partial charge in [0.05, 0.1) is 7.11 Å². The van der Waals surface area contributed by atoms with E-state index in [1.807, 2.05) is 30.3 Å². The first-order valence-corrected chi connectivity index (χ1v) is 8.72. The molecule has 1 amide bonds. The van der Waals surface area contributed by atoms with Crippen molar-refractivity contribution in [3.8, 4) is 11.5 Å². The molecule has 1 aromatic carbocycles. The molecule has 25 heavy (non-hydrogen) atoms. The van der Waals surface area contributed by atoms with Gasteiger partial charge in [0.2, 0.25) is 5.91 Å². The molecule has 5 nitrogen and oxygen atoms in total. The average Bonchev–Trinajstić information content (AvgIpc) is 3.20. The smallest absolute Gasteiger partial charge is 0.223 e. The minimum absolute atomic E-state index is 0.162. The van der Waals surface area contributed by atoms with E-state index in [2.05, 4.69) is 10.3 Å². The Morgan fingerprint density at radius 2 is 1.88 bits per heavy atom. The SMILES string of the molecule is COc1cc(CNC(=O)C2CCCC2)ccc1OCc1ccncc1. The maximum absolute atomic E-state index is 12.1. The lowest BCUT2D eigenvalue weighted by atomic mass is 10.1. The van der Waals surface area contributed by atoms with Gasteiger partial charge >= 0.3 is 0 Å². The number of hydrogen-bond acceptors (Lipinski definition) is 4. The van der Waals surface area contributed by atoms with E-state index < -0.39 is 0 Å². The molecule has 2 aromatic rings. The summed E-state index contributed by atoms with van der Waals surface area (Å²) in [5.74, 6) is 1.70. The fourth-order valence-electron chi connectivity index (χ4n) is 3.10. The van der Waals surface area contributed by atoms with Crippen LogP contribution in [0.15, 0.2) is 42.7 Å². The van der Waals surface area contributed by atoms with Gasteiger partial charge in [0, 0.05) is 24.9 Å². The lowest BCUT2D eigenvalue weighted by molar-refractivity contribution is -0.124. The highest BCUT2D eigenvalue weighted by atomic mass is 16.5. The third-order valence-corrected chi connectivity index (χ3v) is 4.56. The maximum atomic E-state index is 12.1. The van der Waals surface area contributed by atoms with Gasteiger partial charge in [0.25, 0.3) is 0 Å². The van der Waals surface area contributed by atoms with E-state index in [1.165, 1.54) is 0 Å². The van der Waals surface area contributed by atoms with Crippen LogP contribution < -0.4 is 14.8 Å². The Morgan fingerprint density at radius 3 is 2.60 bits per heavy atom. The Hall–Kier alpha value is -2.56. The topological polar surface area (TPSA) is 60.5 Å². The Balaban J connectivity index is 1.58. The number of rotatable bonds is 7. The number of ether oxygens (including phenoxy) is 2. The van der Waals surface area contributed by atoms with E-state index >= 15 is 0 Å². The lowest BCUT2D eigenvalue weighted by Crippen LogP contribution is -2.28. The highest BCUT2D eigenvalue weighted by Crippen LogP contribution is 2.29. The summed E-state index contributed by atoms with van der Waals surface area (Å²) in [4.78, 5) is 16.1. The molecule has 0 aliphatic heterocycles. The van der Waals surface area contributed by atoms with Gasteiger partial charge in [-0.15, -0.1) is 0 Å². The van der Waals surface area contributed by atoms with Gasteiger partial charge in [0.1, 0.15) is 6.61 Å². The summed E-state index contributed by atoms with van der Waals surface area (Å²) in [5.41, 5.74) is 2.05. The van der Waals surface area contributed by atoms with Crippen LogP contribution in [0, 0.1) is 5.92 Å². The van der Waals surface area contributed by atoms with E-state index in [4.69, 9.17) is 9.47 Å². The number of hydrogen-bond donors (Lipinski definition) is 1. The summed E-state index contributed by atoms with van der Waals surface area (Å²) in [6.07, 6.45) is 7.83. The van der Waals surface area contributed by atoms with Gasteiger partial charge in [-0.2, -0.15) is 0 Å². The molecular formula is C20H24N2O3. The standard InChI is InChI=1S/C20H24N2O3/c1-24-19-12-16(13-22-20(23)17-4-2-3-5-17)6-7-18(19)25-14-15-8-10-21-11-9-15/h6-12,17H,2-5,13-14H2,1H3,(H,22,23). The van der Waals surface area contributed by atoms with Crippen molar-refractivity contribution in [3.63, 3.8) is 0 Å². The molecule has 1 aromatic heterocycles. The first-order chi connectivity index (χ1) is 12.3. The van der Waals surface area contributed by atoms with Crippen LogP contribution in [0.3, 0.4) is 0 Å². The molecule has 1 aliphatic carbocycles. The van der Waals surface area contributed by atoms with Crippen molar-refractivity contribution >= 4 is 5.91 Å². The predicted octanol–water partition coefficient (Wildman–Crippen LogP) is 3.48. The number of pyridine rings is 1. The van der Waals surface area contributed by atoms with Gasteiger partial charge in [0.15, 0.2) is 11.5 Å². The summed E-state index contributed by atoms with van der Waals surface area (Å²) in [7, 11) is 1.62. The maximum Gasteiger partial charge on any atom is 0.223 e. The Morgan fingerprint density at radius 1 is 1.12 bits per heavy atom. The summed E-state index contributed by atoms with van der Waals surface area (Å²) in [6.45, 7) is 0.965. The number of methoxy groups -OCH3 is 1. The number of nitrogens with zero attached hydrogens (tertiary/aromatic N) is 1. The zero-order chi connectivity index (χ0) is 17.5. The van der Waals surface area contributed by atoms with Crippen molar-refractivity contribution in [2.24, 2.45) is 5.92 Å². The highest BCUT2D eigenvalue weighted by molar-refractivity contribution is 5.78. The number of aromatic nitrogens is 1. The first kappa shape index (κ1) is 17.3. The number of amides is 1. The second-order valence-corrected chi connectivity index (χ2v) is 6.33. The minimum Gasteiger partial charge on any atom is -0.493 e. The molecule has 0 unspecified atom stereocenters. The summed E-state index contributed by atoms with van der Waals surface area (Å²) in [5, 5.41) is 3.03. The van der Waals surface area contributed by atoms with E-state index in [0.29, 0.717) is 24.7 Å². The third-order valence-electron chi connectivity index (χ3n) is 4.56. The Kier molecular flexibility index (Phi) is 5.88. The van der Waals surface area contributed by atoms with Gasteiger partial charge in [-0.1, -0.05) is 18.9 Å². The van der Waals surface area contributed by atoms with Gasteiger partial charge in [-0.3, -0.25) is 9.78 Å². The lowest BCUT2D eigenvalue weighted by Gasteiger charge is -2.14. The number of benzene rings is 1. The fourth-order valence-corrected chi connectivity index (χ4v) is 3.10. The molecule has 5 heteroatoms. The van der Waals surface area contributed by atoms with Crippen LogP contribution in [0.2, 0.25) is 0 Å². The van der Waals surface area contributed by atoms with Gasteiger partial charge in [-0.05, 0) is 48.2 Å². The summed E-state index contributed by atoms with van der Waals surface area (Å²) in [6, 6.07) is 9.59. The van der Waals surface area contributed by atoms with E-state index in [0.717, 1.165) is 36.8 Å². The summed E-state index contributed by atoms with van der Waals surface area (Å²) >= 11 is 0. The van der Waals surface area contributed by atoms with Gasteiger partial charge < -0.3 is 14.8 Å². The highest BCUT2D eigenvalue weighted by Gasteiger charge is 2.22. The molecule has 1 heterocycles. The van der Waals surface area contributed by atoms with Crippen LogP contribution >= 0.6 is 0 Å². The molecule has 1 saturated carbocycles. The summed E-state index contributed by atoms with van der Waals surface area (Å²) < 4.78 is 11.3. The second kappa shape index (κ2) is 8.51. The fraction of sp³-hybridized carbons (Fsp3) is 0.400. The zero-order valence-electron chi connectivity index (χ0n) is 14.5. The van der Waals surface area contributed by atoms with Crippen molar-refractivity contribution in [1.29, 1.82) is 0 Å². The van der Waals surface area contributed by atoms with Gasteiger partial charge in [-0.25, -0.2) is 0 Å². The van der Waals surface area contributed by atoms with E-state index in [9.17, 15) is 4.79 Å². The minimum atomic E-state index is 0.162. The second-order valence-electron chi connectivity index (χ2n) is 6.33. The van der Waals surface area contributed by atoms with Crippen molar-refractivity contribution < 1.29 is 14.3 Å². The Labute approximate surface area is 148 Å². The molecule has 0 bridgehead atoms. The van der Waals surface area contributed by atoms with E-state index in [1.54, 1.807) is 19.5 Å². The molecular weight excluding hydrogens is 316 g/mol. The molecule has 0 radical (unpaired) electrons. The number of carbonyl (C=O) groups is 1. The van der Waals surface area contributed by atoms with Crippen LogP contribution in [-0.2, 0) is 17.9 Å². The largest absolute Gasteiger partial charge is 0.493 e. The normalized spacial score (nSPS) is 14.3. The Bertz CT molecular complexity index is 697. The van der Waals surface area contributed by atoms with Crippen molar-refractivity contribution in [1.82, 2.24) is 10.3 Å². The molecule has 0 atom stereocenters. The molecule has 0 spiro atoms. The van der Waals surface area contributed by atoms with Crippen molar-refractivity contribution in [3.05, 3.63) is 53.9 Å². The van der Waals surface area contributed by atoms with Crippen LogP contribution in [0.1, 0.15) is 36.8 Å². The molecule has 3 rings (SSSR count).